The second kappa shape index (κ2) is 6.06. The molecular weight excluding hydrogens is 324 g/mol. The first-order valence-corrected chi connectivity index (χ1v) is 8.57. The summed E-state index contributed by atoms with van der Waals surface area (Å²) in [6, 6.07) is 7.11. The molecule has 25 heavy (non-hydrogen) atoms. The molecule has 2 heterocycles. The zero-order valence-corrected chi connectivity index (χ0v) is 13.8. The molecule has 2 atom stereocenters. The Bertz CT molecular complexity index is 730. The average molecular weight is 344 g/mol. The number of hydrogen-bond acceptors (Lipinski definition) is 4. The molecule has 1 saturated heterocycles. The smallest absolute Gasteiger partial charge is 0.308 e. The number of ether oxygens (including phenoxy) is 1. The molecule has 4 rings (SSSR count). The molecular formula is C18H20N2O5. The standard InChI is InChI=1S/C18H20N2O5/c21-16(19-7-12(11-5-6-11)13(8-19)18(23)24)9-20-14-3-1-2-4-15(14)25-10-17(20)22/h1-4,11-13H,5-10H2,(H,23,24)/t12-,13+/m1/s1. The number of benzene rings is 1. The number of carboxylic acid groups (broad SMARTS) is 1. The average Bonchev–Trinajstić information content (AvgIpc) is 3.35. The minimum absolute atomic E-state index is 0.0362. The second-order valence-corrected chi connectivity index (χ2v) is 6.98. The number of anilines is 1. The summed E-state index contributed by atoms with van der Waals surface area (Å²) in [4.78, 5) is 39.5. The first-order valence-electron chi connectivity index (χ1n) is 8.57. The fourth-order valence-electron chi connectivity index (χ4n) is 3.86. The van der Waals surface area contributed by atoms with Gasteiger partial charge in [-0.25, -0.2) is 0 Å². The van der Waals surface area contributed by atoms with E-state index in [4.69, 9.17) is 4.74 Å². The third-order valence-electron chi connectivity index (χ3n) is 5.36. The first-order chi connectivity index (χ1) is 12.0. The summed E-state index contributed by atoms with van der Waals surface area (Å²) >= 11 is 0. The highest BCUT2D eigenvalue weighted by Gasteiger charge is 2.47. The van der Waals surface area contributed by atoms with Gasteiger partial charge >= 0.3 is 5.97 Å². The summed E-state index contributed by atoms with van der Waals surface area (Å²) in [5.41, 5.74) is 0.583. The summed E-state index contributed by atoms with van der Waals surface area (Å²) in [5, 5.41) is 9.43. The number of para-hydroxylation sites is 2. The number of carbonyl (C=O) groups excluding carboxylic acids is 2. The number of likely N-dealkylation sites (tertiary alicyclic amines) is 1. The maximum Gasteiger partial charge on any atom is 0.308 e. The van der Waals surface area contributed by atoms with Crippen LogP contribution >= 0.6 is 0 Å². The number of fused-ring (bicyclic) bond motifs is 1. The zero-order valence-electron chi connectivity index (χ0n) is 13.8. The van der Waals surface area contributed by atoms with Gasteiger partial charge in [-0.05, 0) is 36.8 Å². The summed E-state index contributed by atoms with van der Waals surface area (Å²) in [5.74, 6) is -0.766. The van der Waals surface area contributed by atoms with Crippen LogP contribution in [0.1, 0.15) is 12.8 Å². The lowest BCUT2D eigenvalue weighted by molar-refractivity contribution is -0.142. The SMILES string of the molecule is O=C(O)[C@H]1CN(C(=O)CN2C(=O)COc3ccccc32)C[C@@H]1C1CC1. The van der Waals surface area contributed by atoms with Crippen LogP contribution in [0.25, 0.3) is 0 Å². The second-order valence-electron chi connectivity index (χ2n) is 6.98. The van der Waals surface area contributed by atoms with Crippen molar-refractivity contribution >= 4 is 23.5 Å². The fourth-order valence-corrected chi connectivity index (χ4v) is 3.86. The topological polar surface area (TPSA) is 87.2 Å². The van der Waals surface area contributed by atoms with Gasteiger partial charge in [0, 0.05) is 13.1 Å². The number of rotatable bonds is 4. The van der Waals surface area contributed by atoms with Crippen molar-refractivity contribution in [2.24, 2.45) is 17.8 Å². The Labute approximate surface area is 145 Å². The summed E-state index contributed by atoms with van der Waals surface area (Å²) in [6.07, 6.45) is 2.09. The molecule has 2 aliphatic heterocycles. The first kappa shape index (κ1) is 15.9. The van der Waals surface area contributed by atoms with Gasteiger partial charge in [-0.15, -0.1) is 0 Å². The molecule has 1 N–H and O–H groups in total. The van der Waals surface area contributed by atoms with Gasteiger partial charge in [0.05, 0.1) is 11.6 Å². The lowest BCUT2D eigenvalue weighted by Crippen LogP contribution is -2.46. The highest BCUT2D eigenvalue weighted by Crippen LogP contribution is 2.44. The predicted molar refractivity (Wildman–Crippen MR) is 88.2 cm³/mol. The van der Waals surface area contributed by atoms with E-state index >= 15 is 0 Å². The number of hydrogen-bond donors (Lipinski definition) is 1. The van der Waals surface area contributed by atoms with E-state index in [-0.39, 0.29) is 37.4 Å². The quantitative estimate of drug-likeness (QED) is 0.880. The van der Waals surface area contributed by atoms with Crippen molar-refractivity contribution < 1.29 is 24.2 Å². The van der Waals surface area contributed by atoms with Gasteiger partial charge < -0.3 is 14.7 Å². The van der Waals surface area contributed by atoms with Crippen LogP contribution < -0.4 is 9.64 Å². The highest BCUT2D eigenvalue weighted by molar-refractivity contribution is 6.02. The van der Waals surface area contributed by atoms with E-state index < -0.39 is 11.9 Å². The molecule has 1 saturated carbocycles. The van der Waals surface area contributed by atoms with Crippen molar-refractivity contribution in [2.75, 3.05) is 31.1 Å². The zero-order chi connectivity index (χ0) is 17.6. The van der Waals surface area contributed by atoms with Crippen molar-refractivity contribution in [3.63, 3.8) is 0 Å². The number of carbonyl (C=O) groups is 3. The van der Waals surface area contributed by atoms with Crippen molar-refractivity contribution in [3.8, 4) is 5.75 Å². The molecule has 2 fully saturated rings. The summed E-state index contributed by atoms with van der Waals surface area (Å²) in [7, 11) is 0. The third-order valence-corrected chi connectivity index (χ3v) is 5.36. The molecule has 3 aliphatic rings. The molecule has 0 unspecified atom stereocenters. The predicted octanol–water partition coefficient (Wildman–Crippen LogP) is 0.981. The lowest BCUT2D eigenvalue weighted by atomic mass is 9.92. The van der Waals surface area contributed by atoms with Gasteiger partial charge in [-0.1, -0.05) is 12.1 Å². The molecule has 0 aromatic heterocycles. The Hall–Kier alpha value is -2.57. The van der Waals surface area contributed by atoms with Gasteiger partial charge in [-0.2, -0.15) is 0 Å². The summed E-state index contributed by atoms with van der Waals surface area (Å²) < 4.78 is 5.38. The number of carboxylic acids is 1. The highest BCUT2D eigenvalue weighted by atomic mass is 16.5. The van der Waals surface area contributed by atoms with Crippen molar-refractivity contribution in [2.45, 2.75) is 12.8 Å². The maximum absolute atomic E-state index is 12.7. The van der Waals surface area contributed by atoms with Gasteiger partial charge in [0.25, 0.3) is 5.91 Å². The van der Waals surface area contributed by atoms with E-state index in [0.717, 1.165) is 12.8 Å². The van der Waals surface area contributed by atoms with Gasteiger partial charge in [0.1, 0.15) is 12.3 Å². The largest absolute Gasteiger partial charge is 0.482 e. The van der Waals surface area contributed by atoms with E-state index in [9.17, 15) is 19.5 Å². The molecule has 7 heteroatoms. The summed E-state index contributed by atoms with van der Waals surface area (Å²) in [6.45, 7) is 0.534. The van der Waals surface area contributed by atoms with Crippen LogP contribution in [-0.2, 0) is 14.4 Å². The van der Waals surface area contributed by atoms with Crippen molar-refractivity contribution in [3.05, 3.63) is 24.3 Å². The van der Waals surface area contributed by atoms with Gasteiger partial charge in [-0.3, -0.25) is 19.3 Å². The minimum Gasteiger partial charge on any atom is -0.482 e. The number of nitrogens with zero attached hydrogens (tertiary/aromatic N) is 2. The fraction of sp³-hybridized carbons (Fsp3) is 0.500. The Morgan fingerprint density at radius 3 is 2.68 bits per heavy atom. The normalized spacial score (nSPS) is 25.5. The lowest BCUT2D eigenvalue weighted by Gasteiger charge is -2.30. The Morgan fingerprint density at radius 2 is 1.96 bits per heavy atom. The Balaban J connectivity index is 1.49. The van der Waals surface area contributed by atoms with Crippen LogP contribution in [0.15, 0.2) is 24.3 Å². The molecule has 132 valence electrons. The van der Waals surface area contributed by atoms with Gasteiger partial charge in [0.15, 0.2) is 6.61 Å². The van der Waals surface area contributed by atoms with Crippen molar-refractivity contribution in [1.82, 2.24) is 4.90 Å². The van der Waals surface area contributed by atoms with E-state index in [1.165, 1.54) is 4.90 Å². The van der Waals surface area contributed by atoms with Crippen LogP contribution in [0.3, 0.4) is 0 Å². The molecule has 0 spiro atoms. The Morgan fingerprint density at radius 1 is 1.20 bits per heavy atom. The van der Waals surface area contributed by atoms with E-state index in [0.29, 0.717) is 23.9 Å². The monoisotopic (exact) mass is 344 g/mol. The van der Waals surface area contributed by atoms with E-state index in [2.05, 4.69) is 0 Å². The molecule has 7 nitrogen and oxygen atoms in total. The molecule has 1 aromatic rings. The van der Waals surface area contributed by atoms with Gasteiger partial charge in [0.2, 0.25) is 5.91 Å². The van der Waals surface area contributed by atoms with Crippen LogP contribution in [0.4, 0.5) is 5.69 Å². The third kappa shape index (κ3) is 2.94. The van der Waals surface area contributed by atoms with E-state index in [1.54, 1.807) is 23.1 Å². The molecule has 2 amide bonds. The van der Waals surface area contributed by atoms with Crippen molar-refractivity contribution in [1.29, 1.82) is 0 Å². The number of aliphatic carboxylic acids is 1. The number of amides is 2. The molecule has 1 aromatic carbocycles. The molecule has 0 bridgehead atoms. The minimum atomic E-state index is -0.833. The van der Waals surface area contributed by atoms with Crippen LogP contribution in [0, 0.1) is 17.8 Å². The maximum atomic E-state index is 12.7. The van der Waals surface area contributed by atoms with Crippen LogP contribution in [-0.4, -0.2) is 54.0 Å². The van der Waals surface area contributed by atoms with E-state index in [1.807, 2.05) is 6.07 Å². The molecule has 1 aliphatic carbocycles. The Kier molecular flexibility index (Phi) is 3.86. The van der Waals surface area contributed by atoms with Crippen LogP contribution in [0.2, 0.25) is 0 Å². The van der Waals surface area contributed by atoms with Crippen LogP contribution in [0.5, 0.6) is 5.75 Å². The molecule has 0 radical (unpaired) electrons.